The minimum atomic E-state index is -1.40. The number of ether oxygens (including phenoxy) is 2. The Balaban J connectivity index is 1.56. The molecule has 1 aliphatic heterocycles. The molecule has 0 saturated carbocycles. The molecule has 1 aliphatic rings. The van der Waals surface area contributed by atoms with Crippen molar-refractivity contribution in [1.82, 2.24) is 36.1 Å². The Morgan fingerprint density at radius 2 is 1.62 bits per heavy atom. The van der Waals surface area contributed by atoms with Crippen molar-refractivity contribution >= 4 is 29.5 Å². The number of pyridine rings is 2. The number of nitrogens with two attached hydrogens (primary N) is 3. The van der Waals surface area contributed by atoms with Crippen molar-refractivity contribution in [3.8, 4) is 40.1 Å². The Kier molecular flexibility index (Phi) is 18.1. The number of benzene rings is 2. The number of amides is 5. The lowest BCUT2D eigenvalue weighted by Crippen LogP contribution is -2.56. The molecule has 4 atom stereocenters. The molecule has 5 amide bonds. The van der Waals surface area contributed by atoms with E-state index in [0.717, 1.165) is 24.8 Å². The van der Waals surface area contributed by atoms with Crippen LogP contribution in [-0.2, 0) is 32.0 Å². The highest BCUT2D eigenvalue weighted by Crippen LogP contribution is 2.40. The molecule has 18 heteroatoms. The number of carbonyl (C=O) groups is 5. The third-order valence-corrected chi connectivity index (χ3v) is 11.1. The molecule has 0 fully saturated rings. The summed E-state index contributed by atoms with van der Waals surface area (Å²) in [5, 5.41) is 20.0. The number of nitrogens with one attached hydrogen (secondary N) is 4. The van der Waals surface area contributed by atoms with Crippen molar-refractivity contribution in [1.29, 1.82) is 5.26 Å². The zero-order chi connectivity index (χ0) is 47.9. The Morgan fingerprint density at radius 1 is 0.924 bits per heavy atom. The van der Waals surface area contributed by atoms with Gasteiger partial charge in [0.2, 0.25) is 23.6 Å². The molecule has 0 spiro atoms. The summed E-state index contributed by atoms with van der Waals surface area (Å²) in [7, 11) is 1.42. The molecule has 10 N–H and O–H groups in total. The zero-order valence-corrected chi connectivity index (χ0v) is 38.2. The van der Waals surface area contributed by atoms with Crippen LogP contribution in [0.3, 0.4) is 0 Å². The zero-order valence-electron chi connectivity index (χ0n) is 38.2. The lowest BCUT2D eigenvalue weighted by atomic mass is 9.93. The van der Waals surface area contributed by atoms with Crippen LogP contribution in [0.1, 0.15) is 77.5 Å². The molecule has 350 valence electrons. The van der Waals surface area contributed by atoms with Gasteiger partial charge in [-0.3, -0.25) is 33.9 Å². The van der Waals surface area contributed by atoms with E-state index < -0.39 is 53.7 Å². The normalized spacial score (nSPS) is 16.4. The van der Waals surface area contributed by atoms with Crippen LogP contribution in [0.25, 0.3) is 22.5 Å². The first-order valence-corrected chi connectivity index (χ1v) is 22.1. The number of rotatable bonds is 18. The lowest BCUT2D eigenvalue weighted by molar-refractivity contribution is -0.141. The van der Waals surface area contributed by atoms with Crippen molar-refractivity contribution in [2.45, 2.75) is 84.0 Å². The van der Waals surface area contributed by atoms with Crippen molar-refractivity contribution in [2.75, 3.05) is 46.4 Å². The van der Waals surface area contributed by atoms with Crippen LogP contribution in [0.5, 0.6) is 11.5 Å². The molecule has 2 aromatic carbocycles. The van der Waals surface area contributed by atoms with Crippen LogP contribution < -0.4 is 47.9 Å². The molecular formula is C48H61N11O7. The number of nitriles is 1. The fourth-order valence-electron chi connectivity index (χ4n) is 7.77. The Labute approximate surface area is 385 Å². The number of fused-ring (bicyclic) bond motifs is 5. The summed E-state index contributed by atoms with van der Waals surface area (Å²) in [4.78, 5) is 81.1. The van der Waals surface area contributed by atoms with E-state index in [0.29, 0.717) is 56.4 Å². The van der Waals surface area contributed by atoms with Gasteiger partial charge in [-0.05, 0) is 105 Å². The van der Waals surface area contributed by atoms with Gasteiger partial charge in [-0.2, -0.15) is 5.26 Å². The minimum absolute atomic E-state index is 0.00405. The second-order valence-electron chi connectivity index (χ2n) is 16.1. The number of aryl methyl sites for hydroxylation is 3. The second-order valence-corrected chi connectivity index (χ2v) is 16.1. The number of unbranched alkanes of at least 4 members (excludes halogenated alkanes) is 1. The van der Waals surface area contributed by atoms with E-state index in [2.05, 4.69) is 33.2 Å². The molecule has 0 aliphatic carbocycles. The maximum atomic E-state index is 14.7. The summed E-state index contributed by atoms with van der Waals surface area (Å²) in [6.45, 7) is 7.47. The molecule has 3 heterocycles. The van der Waals surface area contributed by atoms with E-state index in [4.69, 9.17) is 31.7 Å². The number of hydrogen-bond donors (Lipinski definition) is 7. The first-order valence-electron chi connectivity index (χ1n) is 22.1. The quantitative estimate of drug-likeness (QED) is 0.0707. The van der Waals surface area contributed by atoms with Gasteiger partial charge in [-0.1, -0.05) is 31.5 Å². The highest BCUT2D eigenvalue weighted by molar-refractivity contribution is 6.01. The maximum Gasteiger partial charge on any atom is 0.254 e. The molecule has 66 heavy (non-hydrogen) atoms. The van der Waals surface area contributed by atoms with Crippen LogP contribution >= 0.6 is 0 Å². The van der Waals surface area contributed by atoms with Gasteiger partial charge in [0, 0.05) is 43.9 Å². The van der Waals surface area contributed by atoms with Gasteiger partial charge in [0.1, 0.15) is 55.4 Å². The Hall–Kier alpha value is -6.94. The van der Waals surface area contributed by atoms with Crippen LogP contribution in [0.4, 0.5) is 0 Å². The molecule has 2 aromatic heterocycles. The largest absolute Gasteiger partial charge is 0.492 e. The molecule has 4 bridgehead atoms. The van der Waals surface area contributed by atoms with Gasteiger partial charge in [-0.15, -0.1) is 0 Å². The number of hydrogen-bond acceptors (Lipinski definition) is 13. The van der Waals surface area contributed by atoms with E-state index in [9.17, 15) is 29.2 Å². The summed E-state index contributed by atoms with van der Waals surface area (Å²) >= 11 is 0. The highest BCUT2D eigenvalue weighted by Gasteiger charge is 2.36. The number of nitrogens with zero attached hydrogens (tertiary/aromatic N) is 4. The second kappa shape index (κ2) is 23.8. The van der Waals surface area contributed by atoms with Gasteiger partial charge in [0.25, 0.3) is 5.91 Å². The molecule has 0 radical (unpaired) electrons. The van der Waals surface area contributed by atoms with Crippen LogP contribution in [-0.4, -0.2) is 109 Å². The standard InChI is InChI=1S/C48H61N11O7/c1-6-7-8-31-9-12-36(54-27-31)38-23-28(2)42(29(3)55-38)46(62)57-37(15-16-49)48(64)59(5)43-33-11-14-41(66-22-19-52)35(26-33)34-24-32(10-13-40(34)65-21-18-51)25-39(45(61)53-20-17-50)58-44(60)30(4)56-47(43)63/h9-14,23-24,26-27,30,37,39,43H,6-8,15-16,18-22,25,49,51-52H2,1-5H3,(H,53,61)(H,56,63)(H,57,62)(H,58,60). The average Bonchev–Trinajstić information content (AvgIpc) is 3.30. The minimum Gasteiger partial charge on any atom is -0.492 e. The fraction of sp³-hybridized carbons (Fsp3) is 0.417. The average molecular weight is 904 g/mol. The molecule has 18 nitrogen and oxygen atoms in total. The van der Waals surface area contributed by atoms with Gasteiger partial charge in [0.05, 0.1) is 28.7 Å². The van der Waals surface area contributed by atoms with E-state index in [1.165, 1.54) is 18.9 Å². The smallest absolute Gasteiger partial charge is 0.254 e. The molecule has 5 rings (SSSR count). The maximum absolute atomic E-state index is 14.7. The molecule has 4 aromatic rings. The van der Waals surface area contributed by atoms with Gasteiger partial charge >= 0.3 is 0 Å². The third-order valence-electron chi connectivity index (χ3n) is 11.1. The van der Waals surface area contributed by atoms with E-state index in [-0.39, 0.29) is 57.8 Å². The number of aromatic nitrogens is 2. The van der Waals surface area contributed by atoms with E-state index in [1.54, 1.807) is 56.3 Å². The molecule has 4 unspecified atom stereocenters. The summed E-state index contributed by atoms with van der Waals surface area (Å²) in [5.74, 6) is -2.49. The Bertz CT molecular complexity index is 2400. The topological polar surface area (TPSA) is 283 Å². The summed E-state index contributed by atoms with van der Waals surface area (Å²) in [6.07, 6.45) is 4.93. The number of likely N-dealkylation sites (N-methyl/N-ethyl adjacent to an activating group) is 1. The van der Waals surface area contributed by atoms with Crippen LogP contribution in [0, 0.1) is 25.2 Å². The van der Waals surface area contributed by atoms with Gasteiger partial charge in [-0.25, -0.2) is 0 Å². The molecular weight excluding hydrogens is 843 g/mol. The fourth-order valence-corrected chi connectivity index (χ4v) is 7.77. The highest BCUT2D eigenvalue weighted by atomic mass is 16.5. The van der Waals surface area contributed by atoms with Gasteiger partial charge in [0.15, 0.2) is 0 Å². The summed E-state index contributed by atoms with van der Waals surface area (Å²) in [6, 6.07) is 12.8. The SMILES string of the molecule is CCCCc1ccc(-c2cc(C)c(C(=O)NC(CCN)C(=O)N(C)C3C(=O)NC(C)C(=O)NC(C(=O)NCC#N)Cc4ccc(OCCN)c(c4)-c4cc3ccc4OCCN)c(C)n2)nc1. The lowest BCUT2D eigenvalue weighted by Gasteiger charge is -2.32. The first kappa shape index (κ1) is 50.1. The van der Waals surface area contributed by atoms with E-state index >= 15 is 0 Å². The van der Waals surface area contributed by atoms with Crippen molar-refractivity contribution < 1.29 is 33.4 Å². The predicted molar refractivity (Wildman–Crippen MR) is 249 cm³/mol. The van der Waals surface area contributed by atoms with Gasteiger partial charge < -0.3 is 52.8 Å². The summed E-state index contributed by atoms with van der Waals surface area (Å²) < 4.78 is 12.2. The predicted octanol–water partition coefficient (Wildman–Crippen LogP) is 2.28. The van der Waals surface area contributed by atoms with E-state index in [1.807, 2.05) is 24.4 Å². The van der Waals surface area contributed by atoms with Crippen LogP contribution in [0.15, 0.2) is 60.8 Å². The third kappa shape index (κ3) is 12.4. The number of carbonyl (C=O) groups excluding carboxylic acids is 5. The Morgan fingerprint density at radius 3 is 2.24 bits per heavy atom. The first-order chi connectivity index (χ1) is 31.7. The summed E-state index contributed by atoms with van der Waals surface area (Å²) in [5.41, 5.74) is 23.3. The van der Waals surface area contributed by atoms with Crippen molar-refractivity contribution in [3.63, 3.8) is 0 Å². The molecule has 0 saturated heterocycles. The monoisotopic (exact) mass is 903 g/mol. The van der Waals surface area contributed by atoms with Crippen LogP contribution in [0.2, 0.25) is 0 Å². The van der Waals surface area contributed by atoms with Crippen molar-refractivity contribution in [2.24, 2.45) is 17.2 Å². The van der Waals surface area contributed by atoms with Crippen molar-refractivity contribution in [3.05, 3.63) is 94.3 Å².